The molecule has 11 heteroatoms. The Morgan fingerprint density at radius 1 is 1.22 bits per heavy atom. The molecule has 0 spiro atoms. The number of aromatic nitrogens is 2. The van der Waals surface area contributed by atoms with Gasteiger partial charge in [0.15, 0.2) is 21.8 Å². The van der Waals surface area contributed by atoms with Crippen LogP contribution in [0.1, 0.15) is 30.2 Å². The van der Waals surface area contributed by atoms with Crippen molar-refractivity contribution in [3.05, 3.63) is 52.5 Å². The van der Waals surface area contributed by atoms with Gasteiger partial charge in [-0.2, -0.15) is 8.42 Å². The number of nitrogens with zero attached hydrogens (tertiary/aromatic N) is 2. The molecule has 0 bridgehead atoms. The number of benzene rings is 1. The minimum absolute atomic E-state index is 0.118. The van der Waals surface area contributed by atoms with Gasteiger partial charge in [-0.25, -0.2) is 18.7 Å². The summed E-state index contributed by atoms with van der Waals surface area (Å²) in [4.78, 5) is 20.4. The average Bonchev–Trinajstić information content (AvgIpc) is 3.42. The standard InChI is InChI=1S/C21H20F2N4O3S2/c1-11-7-15(25-12(2)28)10-24-20(11)32(29,30)27-21-26-19(18(31-21)8-13-3-4-13)14-5-6-16(22)17(23)9-14/h5-7,9-10,13H,3-4,8H2,1-2H3,(H,25,28)(H,26,27). The van der Waals surface area contributed by atoms with Gasteiger partial charge < -0.3 is 5.32 Å². The van der Waals surface area contributed by atoms with Crippen LogP contribution in [-0.4, -0.2) is 24.3 Å². The largest absolute Gasteiger partial charge is 0.325 e. The summed E-state index contributed by atoms with van der Waals surface area (Å²) in [5, 5.41) is 2.47. The van der Waals surface area contributed by atoms with E-state index in [1.807, 2.05) is 0 Å². The lowest BCUT2D eigenvalue weighted by Crippen LogP contribution is -2.16. The fraction of sp³-hybridized carbons (Fsp3) is 0.286. The molecule has 168 valence electrons. The molecular formula is C21H20F2N4O3S2. The van der Waals surface area contributed by atoms with Gasteiger partial charge in [-0.15, -0.1) is 11.3 Å². The summed E-state index contributed by atoms with van der Waals surface area (Å²) < 4.78 is 55.5. The second-order valence-corrected chi connectivity index (χ2v) is 10.4. The van der Waals surface area contributed by atoms with Crippen LogP contribution in [-0.2, 0) is 21.2 Å². The van der Waals surface area contributed by atoms with Crippen LogP contribution in [0.5, 0.6) is 0 Å². The molecule has 2 N–H and O–H groups in total. The highest BCUT2D eigenvalue weighted by Crippen LogP contribution is 2.40. The highest BCUT2D eigenvalue weighted by Gasteiger charge is 2.27. The number of nitrogens with one attached hydrogen (secondary N) is 2. The Morgan fingerprint density at radius 2 is 1.97 bits per heavy atom. The third kappa shape index (κ3) is 4.94. The molecule has 2 heterocycles. The van der Waals surface area contributed by atoms with Gasteiger partial charge in [-0.05, 0) is 61.9 Å². The number of thiazole rings is 1. The van der Waals surface area contributed by atoms with Crippen LogP contribution in [0, 0.1) is 24.5 Å². The molecule has 1 aromatic carbocycles. The molecule has 0 atom stereocenters. The van der Waals surface area contributed by atoms with Crippen molar-refractivity contribution in [2.24, 2.45) is 5.92 Å². The van der Waals surface area contributed by atoms with Gasteiger partial charge in [0, 0.05) is 17.4 Å². The zero-order valence-corrected chi connectivity index (χ0v) is 18.9. The predicted molar refractivity (Wildman–Crippen MR) is 118 cm³/mol. The molecule has 0 unspecified atom stereocenters. The first-order valence-electron chi connectivity index (χ1n) is 9.84. The Morgan fingerprint density at radius 3 is 2.59 bits per heavy atom. The topological polar surface area (TPSA) is 101 Å². The maximum atomic E-state index is 13.8. The van der Waals surface area contributed by atoms with Crippen molar-refractivity contribution in [1.82, 2.24) is 9.97 Å². The fourth-order valence-electron chi connectivity index (χ4n) is 3.27. The van der Waals surface area contributed by atoms with Gasteiger partial charge in [0.05, 0.1) is 17.6 Å². The lowest BCUT2D eigenvalue weighted by Gasteiger charge is -2.09. The third-order valence-corrected chi connectivity index (χ3v) is 7.41. The number of sulfonamides is 1. The van der Waals surface area contributed by atoms with E-state index < -0.39 is 21.7 Å². The monoisotopic (exact) mass is 478 g/mol. The first-order chi connectivity index (χ1) is 15.1. The van der Waals surface area contributed by atoms with E-state index >= 15 is 0 Å². The summed E-state index contributed by atoms with van der Waals surface area (Å²) in [7, 11) is -4.06. The minimum Gasteiger partial charge on any atom is -0.325 e. The Balaban J connectivity index is 1.65. The van der Waals surface area contributed by atoms with E-state index in [0.29, 0.717) is 34.8 Å². The van der Waals surface area contributed by atoms with Crippen LogP contribution in [0.2, 0.25) is 0 Å². The zero-order chi connectivity index (χ0) is 23.0. The maximum absolute atomic E-state index is 13.8. The molecule has 4 rings (SSSR count). The number of halogens is 2. The van der Waals surface area contributed by atoms with Gasteiger partial charge in [-0.3, -0.25) is 9.52 Å². The number of amides is 1. The van der Waals surface area contributed by atoms with Crippen molar-refractivity contribution in [1.29, 1.82) is 0 Å². The number of anilines is 2. The molecule has 1 aliphatic carbocycles. The summed E-state index contributed by atoms with van der Waals surface area (Å²) in [6, 6.07) is 5.02. The van der Waals surface area contributed by atoms with Crippen LogP contribution in [0.4, 0.5) is 19.6 Å². The van der Waals surface area contributed by atoms with Gasteiger partial charge in [0.1, 0.15) is 0 Å². The molecule has 1 saturated carbocycles. The second kappa shape index (κ2) is 8.55. The molecule has 0 saturated heterocycles. The van der Waals surface area contributed by atoms with Crippen LogP contribution < -0.4 is 10.0 Å². The van der Waals surface area contributed by atoms with E-state index in [9.17, 15) is 22.0 Å². The van der Waals surface area contributed by atoms with E-state index in [1.165, 1.54) is 36.6 Å². The summed E-state index contributed by atoms with van der Waals surface area (Å²) in [5.74, 6) is -1.77. The van der Waals surface area contributed by atoms with E-state index in [1.54, 1.807) is 6.92 Å². The van der Waals surface area contributed by atoms with Gasteiger partial charge in [0.2, 0.25) is 5.91 Å². The van der Waals surface area contributed by atoms with E-state index in [4.69, 9.17) is 0 Å². The van der Waals surface area contributed by atoms with Gasteiger partial charge in [0.25, 0.3) is 10.0 Å². The van der Waals surface area contributed by atoms with Crippen LogP contribution >= 0.6 is 11.3 Å². The molecule has 3 aromatic rings. The molecule has 2 aromatic heterocycles. The smallest absolute Gasteiger partial charge is 0.281 e. The SMILES string of the molecule is CC(=O)Nc1cnc(S(=O)(=O)Nc2nc(-c3ccc(F)c(F)c3)c(CC3CC3)s2)c(C)c1. The minimum atomic E-state index is -4.06. The van der Waals surface area contributed by atoms with Crippen molar-refractivity contribution in [3.63, 3.8) is 0 Å². The molecule has 32 heavy (non-hydrogen) atoms. The van der Waals surface area contributed by atoms with Crippen molar-refractivity contribution in [2.75, 3.05) is 10.0 Å². The maximum Gasteiger partial charge on any atom is 0.281 e. The number of carbonyl (C=O) groups excluding carboxylic acids is 1. The van der Waals surface area contributed by atoms with E-state index in [2.05, 4.69) is 20.0 Å². The lowest BCUT2D eigenvalue weighted by atomic mass is 10.1. The molecule has 0 radical (unpaired) electrons. The molecule has 1 amide bonds. The zero-order valence-electron chi connectivity index (χ0n) is 17.3. The number of aryl methyl sites for hydroxylation is 1. The Hall–Kier alpha value is -2.92. The van der Waals surface area contributed by atoms with Crippen molar-refractivity contribution in [2.45, 2.75) is 38.1 Å². The molecular weight excluding hydrogens is 458 g/mol. The molecule has 1 fully saturated rings. The fourth-order valence-corrected chi connectivity index (χ4v) is 5.76. The molecule has 0 aliphatic heterocycles. The summed E-state index contributed by atoms with van der Waals surface area (Å²) in [5.41, 5.74) is 1.55. The Kier molecular flexibility index (Phi) is 5.95. The second-order valence-electron chi connectivity index (χ2n) is 7.70. The molecule has 1 aliphatic rings. The number of hydrogen-bond donors (Lipinski definition) is 2. The number of rotatable bonds is 7. The Labute approximate surface area is 188 Å². The highest BCUT2D eigenvalue weighted by molar-refractivity contribution is 7.92. The highest BCUT2D eigenvalue weighted by atomic mass is 32.2. The number of pyridine rings is 1. The lowest BCUT2D eigenvalue weighted by molar-refractivity contribution is -0.114. The first-order valence-corrected chi connectivity index (χ1v) is 12.1. The predicted octanol–water partition coefficient (Wildman–Crippen LogP) is 4.50. The Bertz CT molecular complexity index is 1300. The normalized spacial score (nSPS) is 13.8. The third-order valence-electron chi connectivity index (χ3n) is 4.89. The number of hydrogen-bond acceptors (Lipinski definition) is 6. The van der Waals surface area contributed by atoms with Crippen LogP contribution in [0.25, 0.3) is 11.3 Å². The summed E-state index contributed by atoms with van der Waals surface area (Å²) in [6.45, 7) is 2.91. The molecule has 7 nitrogen and oxygen atoms in total. The first kappa shape index (κ1) is 22.3. The summed E-state index contributed by atoms with van der Waals surface area (Å²) in [6.07, 6.45) is 4.09. The van der Waals surface area contributed by atoms with Gasteiger partial charge >= 0.3 is 0 Å². The van der Waals surface area contributed by atoms with Crippen LogP contribution in [0.3, 0.4) is 0 Å². The number of carbonyl (C=O) groups is 1. The van der Waals surface area contributed by atoms with Crippen LogP contribution in [0.15, 0.2) is 35.5 Å². The van der Waals surface area contributed by atoms with E-state index in [0.717, 1.165) is 29.9 Å². The summed E-state index contributed by atoms with van der Waals surface area (Å²) >= 11 is 1.17. The van der Waals surface area contributed by atoms with E-state index in [-0.39, 0.29) is 16.1 Å². The average molecular weight is 479 g/mol. The van der Waals surface area contributed by atoms with Crippen molar-refractivity contribution in [3.8, 4) is 11.3 Å². The quantitative estimate of drug-likeness (QED) is 0.521. The van der Waals surface area contributed by atoms with Crippen molar-refractivity contribution >= 4 is 38.1 Å². The van der Waals surface area contributed by atoms with Gasteiger partial charge in [-0.1, -0.05) is 0 Å². The van der Waals surface area contributed by atoms with Crippen molar-refractivity contribution < 1.29 is 22.0 Å².